The molecule has 0 aromatic heterocycles. The molecule has 1 aliphatic carbocycles. The third-order valence-electron chi connectivity index (χ3n) is 5.85. The molecule has 2 aliphatic rings. The van der Waals surface area contributed by atoms with Crippen LogP contribution < -0.4 is 5.32 Å². The average molecular weight is 346 g/mol. The molecule has 0 amide bonds. The van der Waals surface area contributed by atoms with Crippen molar-refractivity contribution in [3.05, 3.63) is 35.6 Å². The normalized spacial score (nSPS) is 22.9. The largest absolute Gasteiger partial charge is 0.355 e. The van der Waals surface area contributed by atoms with Crippen LogP contribution in [0.3, 0.4) is 0 Å². The number of likely N-dealkylation sites (tertiary alicyclic amines) is 1. The van der Waals surface area contributed by atoms with E-state index in [4.69, 9.17) is 0 Å². The van der Waals surface area contributed by atoms with Gasteiger partial charge in [0.25, 0.3) is 0 Å². The minimum Gasteiger partial charge on any atom is -0.355 e. The summed E-state index contributed by atoms with van der Waals surface area (Å²) in [6.45, 7) is 6.28. The zero-order chi connectivity index (χ0) is 17.9. The fourth-order valence-corrected chi connectivity index (χ4v) is 4.14. The summed E-state index contributed by atoms with van der Waals surface area (Å²) >= 11 is 0. The van der Waals surface area contributed by atoms with E-state index in [9.17, 15) is 4.39 Å². The fourth-order valence-electron chi connectivity index (χ4n) is 4.14. The standard InChI is InChI=1S/C20H31FN4/c1-4-25-13-7-8-16(25)14-24(3)19(22-2)23-15-20(11-12-20)17-9-5-6-10-18(17)21/h5-6,9-10,16H,4,7-8,11-15H2,1-3H3,(H,22,23). The highest BCUT2D eigenvalue weighted by Crippen LogP contribution is 2.48. The first kappa shape index (κ1) is 18.2. The monoisotopic (exact) mass is 346 g/mol. The van der Waals surface area contributed by atoms with Gasteiger partial charge in [-0.2, -0.15) is 0 Å². The van der Waals surface area contributed by atoms with Crippen LogP contribution in [0.1, 0.15) is 38.2 Å². The molecule has 1 heterocycles. The average Bonchev–Trinajstić information content (AvgIpc) is 3.26. The van der Waals surface area contributed by atoms with Crippen LogP contribution in [0.25, 0.3) is 0 Å². The zero-order valence-electron chi connectivity index (χ0n) is 15.8. The van der Waals surface area contributed by atoms with E-state index in [1.54, 1.807) is 12.1 Å². The highest BCUT2D eigenvalue weighted by molar-refractivity contribution is 5.79. The number of hydrogen-bond donors (Lipinski definition) is 1. The second kappa shape index (κ2) is 7.73. The number of hydrogen-bond acceptors (Lipinski definition) is 2. The van der Waals surface area contributed by atoms with E-state index in [1.165, 1.54) is 19.4 Å². The van der Waals surface area contributed by atoms with Gasteiger partial charge in [-0.25, -0.2) is 4.39 Å². The summed E-state index contributed by atoms with van der Waals surface area (Å²) in [6.07, 6.45) is 4.62. The van der Waals surface area contributed by atoms with E-state index in [-0.39, 0.29) is 11.2 Å². The Morgan fingerprint density at radius 3 is 2.80 bits per heavy atom. The molecule has 25 heavy (non-hydrogen) atoms. The number of aliphatic imine (C=N–C) groups is 1. The Morgan fingerprint density at radius 2 is 2.16 bits per heavy atom. The van der Waals surface area contributed by atoms with Crippen molar-refractivity contribution in [3.63, 3.8) is 0 Å². The molecule has 0 spiro atoms. The molecule has 1 saturated carbocycles. The predicted molar refractivity (Wildman–Crippen MR) is 102 cm³/mol. The Kier molecular flexibility index (Phi) is 5.62. The predicted octanol–water partition coefficient (Wildman–Crippen LogP) is 2.85. The van der Waals surface area contributed by atoms with Crippen molar-refractivity contribution in [1.29, 1.82) is 0 Å². The van der Waals surface area contributed by atoms with Crippen molar-refractivity contribution in [2.75, 3.05) is 40.3 Å². The van der Waals surface area contributed by atoms with E-state index in [2.05, 4.69) is 34.1 Å². The van der Waals surface area contributed by atoms with Gasteiger partial charge in [-0.15, -0.1) is 0 Å². The minimum atomic E-state index is -0.0883. The van der Waals surface area contributed by atoms with Gasteiger partial charge in [-0.1, -0.05) is 25.1 Å². The number of benzene rings is 1. The van der Waals surface area contributed by atoms with Crippen molar-refractivity contribution in [3.8, 4) is 0 Å². The molecule has 1 aromatic carbocycles. The third kappa shape index (κ3) is 3.97. The van der Waals surface area contributed by atoms with Crippen molar-refractivity contribution in [2.24, 2.45) is 4.99 Å². The van der Waals surface area contributed by atoms with Crippen LogP contribution in [0, 0.1) is 5.82 Å². The van der Waals surface area contributed by atoms with Gasteiger partial charge < -0.3 is 10.2 Å². The first-order valence-corrected chi connectivity index (χ1v) is 9.50. The summed E-state index contributed by atoms with van der Waals surface area (Å²) < 4.78 is 14.2. The van der Waals surface area contributed by atoms with Gasteiger partial charge in [0, 0.05) is 38.6 Å². The van der Waals surface area contributed by atoms with Crippen LogP contribution in [0.5, 0.6) is 0 Å². The molecule has 138 valence electrons. The highest BCUT2D eigenvalue weighted by atomic mass is 19.1. The summed E-state index contributed by atoms with van der Waals surface area (Å²) in [5.41, 5.74) is 0.777. The van der Waals surface area contributed by atoms with Gasteiger partial charge in [-0.05, 0) is 50.4 Å². The molecule has 0 bridgehead atoms. The number of nitrogens with zero attached hydrogens (tertiary/aromatic N) is 3. The lowest BCUT2D eigenvalue weighted by Gasteiger charge is -2.30. The lowest BCUT2D eigenvalue weighted by atomic mass is 9.95. The van der Waals surface area contributed by atoms with E-state index in [0.717, 1.165) is 44.0 Å². The summed E-state index contributed by atoms with van der Waals surface area (Å²) in [5.74, 6) is 0.820. The summed E-state index contributed by atoms with van der Waals surface area (Å²) in [4.78, 5) is 9.21. The van der Waals surface area contributed by atoms with Gasteiger partial charge in [0.2, 0.25) is 0 Å². The Morgan fingerprint density at radius 1 is 1.40 bits per heavy atom. The van der Waals surface area contributed by atoms with Gasteiger partial charge in [0.05, 0.1) is 0 Å². The van der Waals surface area contributed by atoms with Crippen molar-refractivity contribution < 1.29 is 4.39 Å². The van der Waals surface area contributed by atoms with Gasteiger partial charge in [-0.3, -0.25) is 9.89 Å². The van der Waals surface area contributed by atoms with Crippen LogP contribution in [0.15, 0.2) is 29.3 Å². The maximum atomic E-state index is 14.2. The molecule has 1 atom stereocenters. The van der Waals surface area contributed by atoms with E-state index >= 15 is 0 Å². The summed E-state index contributed by atoms with van der Waals surface area (Å²) in [6, 6.07) is 7.79. The molecule has 3 rings (SSSR count). The molecule has 0 radical (unpaired) electrons. The van der Waals surface area contributed by atoms with E-state index in [1.807, 2.05) is 19.2 Å². The Hall–Kier alpha value is -1.62. The van der Waals surface area contributed by atoms with Crippen LogP contribution in [-0.4, -0.2) is 62.1 Å². The van der Waals surface area contributed by atoms with E-state index < -0.39 is 0 Å². The quantitative estimate of drug-likeness (QED) is 0.635. The first-order chi connectivity index (χ1) is 12.1. The molecule has 1 saturated heterocycles. The van der Waals surface area contributed by atoms with Crippen LogP contribution in [0.2, 0.25) is 0 Å². The molecule has 1 N–H and O–H groups in total. The number of likely N-dealkylation sites (N-methyl/N-ethyl adjacent to an activating group) is 2. The molecule has 4 nitrogen and oxygen atoms in total. The summed E-state index contributed by atoms with van der Waals surface area (Å²) in [5, 5.41) is 3.50. The molecular formula is C20H31FN4. The van der Waals surface area contributed by atoms with Crippen molar-refractivity contribution >= 4 is 5.96 Å². The Bertz CT molecular complexity index is 611. The van der Waals surface area contributed by atoms with Gasteiger partial charge in [0.1, 0.15) is 5.82 Å². The SMILES string of the molecule is CCN1CCCC1CN(C)C(=NC)NCC1(c2ccccc2F)CC1. The highest BCUT2D eigenvalue weighted by Gasteiger charge is 2.46. The first-order valence-electron chi connectivity index (χ1n) is 9.50. The topological polar surface area (TPSA) is 30.9 Å². The smallest absolute Gasteiger partial charge is 0.193 e. The third-order valence-corrected chi connectivity index (χ3v) is 5.85. The lowest BCUT2D eigenvalue weighted by molar-refractivity contribution is 0.232. The molecule has 1 aromatic rings. The Balaban J connectivity index is 1.58. The second-order valence-corrected chi connectivity index (χ2v) is 7.47. The second-order valence-electron chi connectivity index (χ2n) is 7.47. The minimum absolute atomic E-state index is 0.0645. The molecule has 1 aliphatic heterocycles. The number of guanidine groups is 1. The maximum absolute atomic E-state index is 14.2. The summed E-state index contributed by atoms with van der Waals surface area (Å²) in [7, 11) is 3.93. The number of halogens is 1. The van der Waals surface area contributed by atoms with Crippen LogP contribution in [-0.2, 0) is 5.41 Å². The van der Waals surface area contributed by atoms with Gasteiger partial charge in [0.15, 0.2) is 5.96 Å². The van der Waals surface area contributed by atoms with Crippen LogP contribution in [0.4, 0.5) is 4.39 Å². The molecular weight excluding hydrogens is 315 g/mol. The molecule has 2 fully saturated rings. The number of rotatable bonds is 6. The maximum Gasteiger partial charge on any atom is 0.193 e. The zero-order valence-corrected chi connectivity index (χ0v) is 15.8. The molecule has 5 heteroatoms. The van der Waals surface area contributed by atoms with Crippen molar-refractivity contribution in [2.45, 2.75) is 44.1 Å². The molecule has 1 unspecified atom stereocenters. The fraction of sp³-hybridized carbons (Fsp3) is 0.650. The van der Waals surface area contributed by atoms with Gasteiger partial charge >= 0.3 is 0 Å². The number of nitrogens with one attached hydrogen (secondary N) is 1. The van der Waals surface area contributed by atoms with E-state index in [0.29, 0.717) is 6.04 Å². The van der Waals surface area contributed by atoms with Crippen LogP contribution >= 0.6 is 0 Å². The lowest BCUT2D eigenvalue weighted by Crippen LogP contribution is -2.47. The Labute approximate surface area is 151 Å². The van der Waals surface area contributed by atoms with Crippen molar-refractivity contribution in [1.82, 2.24) is 15.1 Å².